The van der Waals surface area contributed by atoms with Crippen molar-refractivity contribution in [1.82, 2.24) is 4.98 Å². The average Bonchev–Trinajstić information content (AvgIpc) is 2.47. The van der Waals surface area contributed by atoms with Crippen LogP contribution in [0.1, 0.15) is 31.4 Å². The predicted molar refractivity (Wildman–Crippen MR) is 83.2 cm³/mol. The van der Waals surface area contributed by atoms with Gasteiger partial charge in [-0.05, 0) is 44.7 Å². The second kappa shape index (κ2) is 5.80. The van der Waals surface area contributed by atoms with E-state index >= 15 is 0 Å². The van der Waals surface area contributed by atoms with Gasteiger partial charge >= 0.3 is 0 Å². The normalized spacial score (nSPS) is 19.5. The summed E-state index contributed by atoms with van der Waals surface area (Å²) in [6.45, 7) is 3.40. The van der Waals surface area contributed by atoms with Gasteiger partial charge in [-0.15, -0.1) is 0 Å². The number of hydrogen-bond acceptors (Lipinski definition) is 3. The van der Waals surface area contributed by atoms with Crippen molar-refractivity contribution in [2.75, 3.05) is 18.1 Å². The molecule has 1 unspecified atom stereocenters. The van der Waals surface area contributed by atoms with E-state index in [1.165, 1.54) is 30.3 Å². The number of piperidine rings is 1. The molecule has 3 rings (SSSR count). The average molecular weight is 270 g/mol. The number of pyridine rings is 1. The summed E-state index contributed by atoms with van der Waals surface area (Å²) in [6.07, 6.45) is 4.53. The molecule has 106 valence electrons. The highest BCUT2D eigenvalue weighted by Gasteiger charge is 2.23. The van der Waals surface area contributed by atoms with Gasteiger partial charge in [0.2, 0.25) is 0 Å². The zero-order valence-electron chi connectivity index (χ0n) is 12.0. The molecule has 0 saturated carbocycles. The lowest BCUT2D eigenvalue weighted by Crippen LogP contribution is -2.40. The van der Waals surface area contributed by atoms with Gasteiger partial charge in [0.1, 0.15) is 0 Å². The summed E-state index contributed by atoms with van der Waals surface area (Å²) in [5.41, 5.74) is 3.41. The number of aliphatic hydroxyl groups is 1. The molecule has 0 spiro atoms. The standard InChI is InChI=1S/C17H22N2O/c1-13-12-17(15-7-2-3-8-16(15)18-13)19-10-5-4-6-14(19)9-11-20/h2-3,7-8,12,14,20H,4-6,9-11H2,1H3. The van der Waals surface area contributed by atoms with Crippen LogP contribution in [0.25, 0.3) is 10.9 Å². The molecular weight excluding hydrogens is 248 g/mol. The summed E-state index contributed by atoms with van der Waals surface area (Å²) < 4.78 is 0. The molecule has 0 amide bonds. The zero-order valence-corrected chi connectivity index (χ0v) is 12.0. The lowest BCUT2D eigenvalue weighted by atomic mass is 9.97. The van der Waals surface area contributed by atoms with Crippen LogP contribution in [-0.4, -0.2) is 29.3 Å². The van der Waals surface area contributed by atoms with Crippen molar-refractivity contribution in [3.8, 4) is 0 Å². The molecule has 2 aromatic rings. The molecule has 0 bridgehead atoms. The number of aryl methyl sites for hydroxylation is 1. The zero-order chi connectivity index (χ0) is 13.9. The molecule has 1 saturated heterocycles. The predicted octanol–water partition coefficient (Wildman–Crippen LogP) is 3.28. The van der Waals surface area contributed by atoms with Crippen LogP contribution in [0.2, 0.25) is 0 Å². The maximum Gasteiger partial charge on any atom is 0.0726 e. The summed E-state index contributed by atoms with van der Waals surface area (Å²) in [5, 5.41) is 10.5. The minimum atomic E-state index is 0.267. The molecule has 3 nitrogen and oxygen atoms in total. The van der Waals surface area contributed by atoms with Gasteiger partial charge in [-0.3, -0.25) is 4.98 Å². The summed E-state index contributed by atoms with van der Waals surface area (Å²) in [5.74, 6) is 0. The maximum absolute atomic E-state index is 9.31. The second-order valence-electron chi connectivity index (χ2n) is 5.66. The molecule has 0 aliphatic carbocycles. The highest BCUT2D eigenvalue weighted by Crippen LogP contribution is 2.32. The first-order valence-electron chi connectivity index (χ1n) is 7.53. The Morgan fingerprint density at radius 3 is 3.00 bits per heavy atom. The van der Waals surface area contributed by atoms with Crippen LogP contribution in [0.15, 0.2) is 30.3 Å². The number of aromatic nitrogens is 1. The fourth-order valence-electron chi connectivity index (χ4n) is 3.29. The molecule has 1 aliphatic rings. The second-order valence-corrected chi connectivity index (χ2v) is 5.66. The Balaban J connectivity index is 2.07. The summed E-state index contributed by atoms with van der Waals surface area (Å²) in [4.78, 5) is 7.11. The molecule has 3 heteroatoms. The van der Waals surface area contributed by atoms with E-state index in [1.807, 2.05) is 6.07 Å². The third-order valence-electron chi connectivity index (χ3n) is 4.22. The van der Waals surface area contributed by atoms with Gasteiger partial charge in [0.25, 0.3) is 0 Å². The number of aliphatic hydroxyl groups excluding tert-OH is 1. The smallest absolute Gasteiger partial charge is 0.0726 e. The molecule has 20 heavy (non-hydrogen) atoms. The monoisotopic (exact) mass is 270 g/mol. The van der Waals surface area contributed by atoms with Crippen molar-refractivity contribution in [3.05, 3.63) is 36.0 Å². The van der Waals surface area contributed by atoms with E-state index in [-0.39, 0.29) is 6.61 Å². The number of fused-ring (bicyclic) bond motifs is 1. The summed E-state index contributed by atoms with van der Waals surface area (Å²) in [6, 6.07) is 11.0. The van der Waals surface area contributed by atoms with Crippen molar-refractivity contribution in [3.63, 3.8) is 0 Å². The maximum atomic E-state index is 9.31. The Kier molecular flexibility index (Phi) is 3.88. The number of rotatable bonds is 3. The molecule has 1 aromatic heterocycles. The van der Waals surface area contributed by atoms with E-state index in [9.17, 15) is 5.11 Å². The van der Waals surface area contributed by atoms with Gasteiger partial charge < -0.3 is 10.0 Å². The Labute approximate surface area is 120 Å². The van der Waals surface area contributed by atoms with Crippen molar-refractivity contribution < 1.29 is 5.11 Å². The van der Waals surface area contributed by atoms with Crippen LogP contribution in [0, 0.1) is 6.92 Å². The molecule has 1 atom stereocenters. The first-order chi connectivity index (χ1) is 9.79. The van der Waals surface area contributed by atoms with Crippen LogP contribution in [0.4, 0.5) is 5.69 Å². The topological polar surface area (TPSA) is 36.4 Å². The summed E-state index contributed by atoms with van der Waals surface area (Å²) >= 11 is 0. The quantitative estimate of drug-likeness (QED) is 0.929. The molecule has 1 aromatic carbocycles. The Bertz CT molecular complexity index is 595. The van der Waals surface area contributed by atoms with Gasteiger partial charge in [-0.25, -0.2) is 0 Å². The largest absolute Gasteiger partial charge is 0.396 e. The first-order valence-corrected chi connectivity index (χ1v) is 7.53. The van der Waals surface area contributed by atoms with Gasteiger partial charge in [-0.1, -0.05) is 18.2 Å². The van der Waals surface area contributed by atoms with Gasteiger partial charge in [0.15, 0.2) is 0 Å². The van der Waals surface area contributed by atoms with Gasteiger partial charge in [0.05, 0.1) is 5.52 Å². The van der Waals surface area contributed by atoms with E-state index in [2.05, 4.69) is 41.1 Å². The van der Waals surface area contributed by atoms with Crippen molar-refractivity contribution in [2.24, 2.45) is 0 Å². The molecule has 1 N–H and O–H groups in total. The molecule has 1 aliphatic heterocycles. The highest BCUT2D eigenvalue weighted by atomic mass is 16.3. The van der Waals surface area contributed by atoms with Gasteiger partial charge in [-0.2, -0.15) is 0 Å². The number of hydrogen-bond donors (Lipinski definition) is 1. The SMILES string of the molecule is Cc1cc(N2CCCCC2CCO)c2ccccc2n1. The minimum Gasteiger partial charge on any atom is -0.396 e. The van der Waals surface area contributed by atoms with E-state index in [0.717, 1.165) is 24.2 Å². The van der Waals surface area contributed by atoms with Gasteiger partial charge in [0, 0.05) is 36.0 Å². The Morgan fingerprint density at radius 1 is 1.30 bits per heavy atom. The van der Waals surface area contributed by atoms with Crippen molar-refractivity contribution in [2.45, 2.75) is 38.6 Å². The van der Waals surface area contributed by atoms with Crippen LogP contribution in [0.3, 0.4) is 0 Å². The molecule has 1 fully saturated rings. The van der Waals surface area contributed by atoms with E-state index in [4.69, 9.17) is 0 Å². The lowest BCUT2D eigenvalue weighted by molar-refractivity contribution is 0.262. The number of nitrogens with zero attached hydrogens (tertiary/aromatic N) is 2. The van der Waals surface area contributed by atoms with Crippen molar-refractivity contribution in [1.29, 1.82) is 0 Å². The number of benzene rings is 1. The molecular formula is C17H22N2O. The molecule has 2 heterocycles. The number of anilines is 1. The van der Waals surface area contributed by atoms with E-state index in [1.54, 1.807) is 0 Å². The minimum absolute atomic E-state index is 0.267. The lowest BCUT2D eigenvalue weighted by Gasteiger charge is -2.38. The highest BCUT2D eigenvalue weighted by molar-refractivity contribution is 5.92. The van der Waals surface area contributed by atoms with Crippen LogP contribution in [-0.2, 0) is 0 Å². The Hall–Kier alpha value is -1.61. The number of para-hydroxylation sites is 1. The van der Waals surface area contributed by atoms with Crippen molar-refractivity contribution >= 4 is 16.6 Å². The summed E-state index contributed by atoms with van der Waals surface area (Å²) in [7, 11) is 0. The van der Waals surface area contributed by atoms with E-state index in [0.29, 0.717) is 6.04 Å². The van der Waals surface area contributed by atoms with Crippen LogP contribution in [0.5, 0.6) is 0 Å². The van der Waals surface area contributed by atoms with Crippen LogP contribution < -0.4 is 4.90 Å². The Morgan fingerprint density at radius 2 is 2.15 bits per heavy atom. The molecule has 0 radical (unpaired) electrons. The third kappa shape index (κ3) is 2.50. The third-order valence-corrected chi connectivity index (χ3v) is 4.22. The van der Waals surface area contributed by atoms with E-state index < -0.39 is 0 Å². The fraction of sp³-hybridized carbons (Fsp3) is 0.471. The first kappa shape index (κ1) is 13.4. The fourth-order valence-corrected chi connectivity index (χ4v) is 3.29. The van der Waals surface area contributed by atoms with Crippen LogP contribution >= 0.6 is 0 Å².